The first-order valence-electron chi connectivity index (χ1n) is 7.04. The van der Waals surface area contributed by atoms with E-state index in [2.05, 4.69) is 16.2 Å². The minimum absolute atomic E-state index is 0.0464. The topological polar surface area (TPSA) is 88.5 Å². The average Bonchev–Trinajstić information content (AvgIpc) is 3.03. The zero-order valence-corrected chi connectivity index (χ0v) is 13.2. The highest BCUT2D eigenvalue weighted by molar-refractivity contribution is 7.80. The number of hydrogen-bond acceptors (Lipinski definition) is 5. The van der Waals surface area contributed by atoms with E-state index in [4.69, 9.17) is 17.0 Å². The lowest BCUT2D eigenvalue weighted by atomic mass is 10.1. The van der Waals surface area contributed by atoms with E-state index < -0.39 is 22.4 Å². The number of thiocarbonyl (C=S) groups is 1. The Balaban J connectivity index is 1.95. The molecule has 11 heteroatoms. The van der Waals surface area contributed by atoms with Gasteiger partial charge in [-0.3, -0.25) is 21.0 Å². The monoisotopic (exact) mass is 364 g/mol. The molecule has 1 aliphatic heterocycles. The van der Waals surface area contributed by atoms with Crippen LogP contribution in [-0.4, -0.2) is 29.3 Å². The number of alkyl halides is 3. The highest BCUT2D eigenvalue weighted by Gasteiger charge is 2.33. The molecule has 1 atom stereocenters. The Kier molecular flexibility index (Phi) is 5.78. The van der Waals surface area contributed by atoms with Gasteiger partial charge < -0.3 is 10.1 Å². The van der Waals surface area contributed by atoms with Crippen molar-refractivity contribution in [2.24, 2.45) is 0 Å². The van der Waals surface area contributed by atoms with Crippen molar-refractivity contribution in [2.45, 2.75) is 25.1 Å². The van der Waals surface area contributed by atoms with Gasteiger partial charge in [-0.2, -0.15) is 13.2 Å². The summed E-state index contributed by atoms with van der Waals surface area (Å²) in [4.78, 5) is 10.1. The number of nitro groups is 1. The van der Waals surface area contributed by atoms with Crippen LogP contribution >= 0.6 is 12.2 Å². The summed E-state index contributed by atoms with van der Waals surface area (Å²) in [6.07, 6.45) is -2.73. The second kappa shape index (κ2) is 7.62. The second-order valence-corrected chi connectivity index (χ2v) is 5.49. The quantitative estimate of drug-likeness (QED) is 0.420. The lowest BCUT2D eigenvalue weighted by molar-refractivity contribution is -0.384. The molecule has 0 aromatic heterocycles. The Morgan fingerprint density at radius 2 is 2.21 bits per heavy atom. The lowest BCUT2D eigenvalue weighted by Gasteiger charge is -2.15. The van der Waals surface area contributed by atoms with E-state index in [0.29, 0.717) is 19.2 Å². The molecule has 24 heavy (non-hydrogen) atoms. The van der Waals surface area contributed by atoms with Gasteiger partial charge in [0, 0.05) is 19.2 Å². The molecular formula is C13H15F3N4O3S. The summed E-state index contributed by atoms with van der Waals surface area (Å²) in [5.41, 5.74) is 3.01. The summed E-state index contributed by atoms with van der Waals surface area (Å²) >= 11 is 4.99. The van der Waals surface area contributed by atoms with Crippen molar-refractivity contribution in [1.29, 1.82) is 0 Å². The Hall–Kier alpha value is -2.14. The number of hydrazine groups is 1. The maximum atomic E-state index is 12.6. The van der Waals surface area contributed by atoms with Gasteiger partial charge in [0.05, 0.1) is 16.6 Å². The summed E-state index contributed by atoms with van der Waals surface area (Å²) in [6, 6.07) is 2.18. The van der Waals surface area contributed by atoms with Crippen molar-refractivity contribution < 1.29 is 22.8 Å². The molecule has 0 radical (unpaired) electrons. The lowest BCUT2D eigenvalue weighted by Crippen LogP contribution is -2.42. The third-order valence-corrected chi connectivity index (χ3v) is 3.59. The third kappa shape index (κ3) is 4.93. The molecule has 0 bridgehead atoms. The molecule has 0 amide bonds. The number of benzene rings is 1. The molecule has 132 valence electrons. The Bertz CT molecular complexity index is 621. The number of hydrogen-bond donors (Lipinski definition) is 3. The molecular weight excluding hydrogens is 349 g/mol. The number of nitro benzene ring substituents is 1. The normalized spacial score (nSPS) is 17.4. The molecule has 3 N–H and O–H groups in total. The van der Waals surface area contributed by atoms with Gasteiger partial charge in [0.25, 0.3) is 5.69 Å². The summed E-state index contributed by atoms with van der Waals surface area (Å²) < 4.78 is 43.3. The fourth-order valence-electron chi connectivity index (χ4n) is 2.14. The van der Waals surface area contributed by atoms with Crippen molar-refractivity contribution in [1.82, 2.24) is 10.7 Å². The summed E-state index contributed by atoms with van der Waals surface area (Å²) in [6.45, 7) is 1.17. The van der Waals surface area contributed by atoms with Crippen LogP contribution in [-0.2, 0) is 10.9 Å². The van der Waals surface area contributed by atoms with E-state index >= 15 is 0 Å². The van der Waals surface area contributed by atoms with Gasteiger partial charge in [0.15, 0.2) is 5.11 Å². The molecule has 0 spiro atoms. The van der Waals surface area contributed by atoms with E-state index in [9.17, 15) is 23.3 Å². The first kappa shape index (κ1) is 18.2. The zero-order chi connectivity index (χ0) is 17.7. The van der Waals surface area contributed by atoms with Crippen molar-refractivity contribution in [3.8, 4) is 0 Å². The minimum atomic E-state index is -4.66. The van der Waals surface area contributed by atoms with Crippen LogP contribution in [0.3, 0.4) is 0 Å². The van der Waals surface area contributed by atoms with Crippen molar-refractivity contribution >= 4 is 28.7 Å². The first-order chi connectivity index (χ1) is 11.3. The van der Waals surface area contributed by atoms with Gasteiger partial charge >= 0.3 is 6.18 Å². The Morgan fingerprint density at radius 3 is 2.79 bits per heavy atom. The van der Waals surface area contributed by atoms with Gasteiger partial charge in [-0.05, 0) is 37.2 Å². The maximum Gasteiger partial charge on any atom is 0.416 e. The predicted molar refractivity (Wildman–Crippen MR) is 84.4 cm³/mol. The molecule has 0 saturated carbocycles. The number of nitrogens with one attached hydrogen (secondary N) is 3. The van der Waals surface area contributed by atoms with E-state index in [1.165, 1.54) is 0 Å². The fourth-order valence-corrected chi connectivity index (χ4v) is 2.28. The number of ether oxygens (including phenoxy) is 1. The van der Waals surface area contributed by atoms with Gasteiger partial charge in [-0.25, -0.2) is 0 Å². The minimum Gasteiger partial charge on any atom is -0.376 e. The highest BCUT2D eigenvalue weighted by atomic mass is 32.1. The van der Waals surface area contributed by atoms with Crippen LogP contribution in [0.5, 0.6) is 0 Å². The van der Waals surface area contributed by atoms with Crippen molar-refractivity contribution in [3.63, 3.8) is 0 Å². The Labute approximate surface area is 140 Å². The molecule has 1 aromatic rings. The molecule has 1 fully saturated rings. The molecule has 7 nitrogen and oxygen atoms in total. The zero-order valence-electron chi connectivity index (χ0n) is 12.4. The average molecular weight is 364 g/mol. The predicted octanol–water partition coefficient (Wildman–Crippen LogP) is 2.58. The molecule has 2 rings (SSSR count). The van der Waals surface area contributed by atoms with Crippen LogP contribution in [0.15, 0.2) is 18.2 Å². The molecule has 1 aliphatic rings. The smallest absolute Gasteiger partial charge is 0.376 e. The van der Waals surface area contributed by atoms with Crippen LogP contribution in [0, 0.1) is 10.1 Å². The molecule has 1 heterocycles. The van der Waals surface area contributed by atoms with Crippen LogP contribution in [0.1, 0.15) is 18.4 Å². The highest BCUT2D eigenvalue weighted by Crippen LogP contribution is 2.34. The van der Waals surface area contributed by atoms with Crippen LogP contribution < -0.4 is 16.2 Å². The van der Waals surface area contributed by atoms with Gasteiger partial charge in [0.1, 0.15) is 5.69 Å². The molecule has 1 saturated heterocycles. The van der Waals surface area contributed by atoms with Crippen molar-refractivity contribution in [2.75, 3.05) is 18.6 Å². The van der Waals surface area contributed by atoms with Crippen LogP contribution in [0.25, 0.3) is 0 Å². The van der Waals surface area contributed by atoms with Gasteiger partial charge in [-0.1, -0.05) is 0 Å². The molecule has 0 unspecified atom stereocenters. The summed E-state index contributed by atoms with van der Waals surface area (Å²) in [5.74, 6) is 0. The number of anilines is 1. The van der Waals surface area contributed by atoms with Gasteiger partial charge in [-0.15, -0.1) is 0 Å². The number of halogens is 3. The Morgan fingerprint density at radius 1 is 1.46 bits per heavy atom. The fraction of sp³-hybridized carbons (Fsp3) is 0.462. The standard InChI is InChI=1S/C13H15F3N4O3S/c14-13(15,16)8-3-4-10(11(6-8)20(21)22)18-19-12(24)17-7-9-2-1-5-23-9/h3-4,6,9,18H,1-2,5,7H2,(H2,17,19,24)/t9-/m1/s1. The third-order valence-electron chi connectivity index (χ3n) is 3.35. The van der Waals surface area contributed by atoms with Gasteiger partial charge in [0.2, 0.25) is 0 Å². The second-order valence-electron chi connectivity index (χ2n) is 5.08. The maximum absolute atomic E-state index is 12.6. The summed E-state index contributed by atoms with van der Waals surface area (Å²) in [7, 11) is 0. The summed E-state index contributed by atoms with van der Waals surface area (Å²) in [5, 5.41) is 14.0. The van der Waals surface area contributed by atoms with E-state index in [0.717, 1.165) is 25.0 Å². The number of rotatable bonds is 5. The van der Waals surface area contributed by atoms with Crippen molar-refractivity contribution in [3.05, 3.63) is 33.9 Å². The molecule has 1 aromatic carbocycles. The molecule has 0 aliphatic carbocycles. The van der Waals surface area contributed by atoms with E-state index in [-0.39, 0.29) is 16.9 Å². The largest absolute Gasteiger partial charge is 0.416 e. The van der Waals surface area contributed by atoms with E-state index in [1.54, 1.807) is 0 Å². The number of nitrogens with zero attached hydrogens (tertiary/aromatic N) is 1. The van der Waals surface area contributed by atoms with E-state index in [1.807, 2.05) is 0 Å². The SMILES string of the molecule is O=[N+]([O-])c1cc(C(F)(F)F)ccc1NNC(=S)NC[C@H]1CCCO1. The van der Waals surface area contributed by atoms with Crippen LogP contribution in [0.2, 0.25) is 0 Å². The first-order valence-corrected chi connectivity index (χ1v) is 7.45. The van der Waals surface area contributed by atoms with Crippen LogP contribution in [0.4, 0.5) is 24.5 Å².